The number of carbonyl (C=O) groups excluding carboxylic acids is 2. The van der Waals surface area contributed by atoms with E-state index in [4.69, 9.17) is 0 Å². The summed E-state index contributed by atoms with van der Waals surface area (Å²) in [5.41, 5.74) is 1.45. The minimum atomic E-state index is -0.335. The predicted octanol–water partition coefficient (Wildman–Crippen LogP) is 1.33. The van der Waals surface area contributed by atoms with Crippen molar-refractivity contribution in [3.05, 3.63) is 30.8 Å². The van der Waals surface area contributed by atoms with Crippen molar-refractivity contribution in [3.8, 4) is 0 Å². The smallest absolute Gasteiger partial charge is 0.381 e. The molecule has 0 saturated heterocycles. The van der Waals surface area contributed by atoms with Crippen LogP contribution in [0.2, 0.25) is 0 Å². The number of rotatable bonds is 2. The molecule has 0 aliphatic heterocycles. The van der Waals surface area contributed by atoms with Crippen LogP contribution in [0.25, 0.3) is 0 Å². The quantitative estimate of drug-likeness (QED) is 0.711. The zero-order chi connectivity index (χ0) is 12.8. The summed E-state index contributed by atoms with van der Waals surface area (Å²) >= 11 is 0. The topological polar surface area (TPSA) is 74.8 Å². The average Bonchev–Trinajstić information content (AvgIpc) is 2.77. The second-order valence-corrected chi connectivity index (χ2v) is 3.46. The molecular formula is C12H17N3O2W. The van der Waals surface area contributed by atoms with Crippen LogP contribution >= 0.6 is 0 Å². The van der Waals surface area contributed by atoms with Crippen LogP contribution in [0.15, 0.2) is 0 Å². The Labute approximate surface area is 121 Å². The van der Waals surface area contributed by atoms with Crippen molar-refractivity contribution in [1.29, 1.82) is 0 Å². The van der Waals surface area contributed by atoms with Gasteiger partial charge in [0.1, 0.15) is 0 Å². The summed E-state index contributed by atoms with van der Waals surface area (Å²) in [6, 6.07) is 0. The van der Waals surface area contributed by atoms with Crippen LogP contribution in [0.5, 0.6) is 0 Å². The largest absolute Gasteiger partial charge is 2.00 e. The fourth-order valence-corrected chi connectivity index (χ4v) is 1.77. The SMILES string of the molecule is [CH2-]C.[CH2-]CNC(=O)c1n[nH]c2c1C(=O)CCC2.[W+2]. The fourth-order valence-electron chi connectivity index (χ4n) is 1.77. The fraction of sp³-hybridized carbons (Fsp3) is 0.417. The Hall–Kier alpha value is -0.962. The van der Waals surface area contributed by atoms with E-state index in [9.17, 15) is 9.59 Å². The number of aromatic amines is 1. The first kappa shape index (κ1) is 17.0. The van der Waals surface area contributed by atoms with Crippen molar-refractivity contribution in [1.82, 2.24) is 15.5 Å². The van der Waals surface area contributed by atoms with E-state index < -0.39 is 0 Å². The van der Waals surface area contributed by atoms with Gasteiger partial charge in [0.15, 0.2) is 11.5 Å². The zero-order valence-corrected chi connectivity index (χ0v) is 13.3. The molecule has 0 fully saturated rings. The molecule has 0 spiro atoms. The normalized spacial score (nSPS) is 12.7. The van der Waals surface area contributed by atoms with Gasteiger partial charge in [0, 0.05) is 12.1 Å². The molecule has 2 N–H and O–H groups in total. The third kappa shape index (κ3) is 3.51. The van der Waals surface area contributed by atoms with Crippen LogP contribution in [0.4, 0.5) is 0 Å². The first-order valence-electron chi connectivity index (χ1n) is 5.62. The maximum atomic E-state index is 11.6. The molecule has 1 aromatic rings. The first-order chi connectivity index (χ1) is 8.24. The van der Waals surface area contributed by atoms with E-state index in [2.05, 4.69) is 29.4 Å². The van der Waals surface area contributed by atoms with Crippen molar-refractivity contribution in [2.24, 2.45) is 0 Å². The maximum absolute atomic E-state index is 11.6. The Kier molecular flexibility index (Phi) is 7.76. The molecule has 0 atom stereocenters. The van der Waals surface area contributed by atoms with Gasteiger partial charge in [-0.25, -0.2) is 0 Å². The Morgan fingerprint density at radius 2 is 2.11 bits per heavy atom. The third-order valence-corrected chi connectivity index (χ3v) is 2.45. The molecular weight excluding hydrogens is 402 g/mol. The number of hydrogen-bond acceptors (Lipinski definition) is 3. The number of fused-ring (bicyclic) bond motifs is 1. The number of nitrogens with one attached hydrogen (secondary N) is 2. The summed E-state index contributed by atoms with van der Waals surface area (Å²) in [4.78, 5) is 23.2. The summed E-state index contributed by atoms with van der Waals surface area (Å²) in [7, 11) is 0. The van der Waals surface area contributed by atoms with Crippen molar-refractivity contribution < 1.29 is 30.7 Å². The molecule has 2 rings (SSSR count). The molecule has 18 heavy (non-hydrogen) atoms. The molecule has 0 unspecified atom stereocenters. The summed E-state index contributed by atoms with van der Waals surface area (Å²) in [5, 5.41) is 9.16. The monoisotopic (exact) mass is 419 g/mol. The zero-order valence-electron chi connectivity index (χ0n) is 10.4. The molecule has 98 valence electrons. The van der Waals surface area contributed by atoms with Gasteiger partial charge in [-0.05, 0) is 12.8 Å². The van der Waals surface area contributed by atoms with Gasteiger partial charge in [-0.3, -0.25) is 14.7 Å². The van der Waals surface area contributed by atoms with Crippen LogP contribution < -0.4 is 5.32 Å². The van der Waals surface area contributed by atoms with E-state index in [0.29, 0.717) is 12.0 Å². The van der Waals surface area contributed by atoms with Gasteiger partial charge >= 0.3 is 21.1 Å². The van der Waals surface area contributed by atoms with Gasteiger partial charge in [0.2, 0.25) is 0 Å². The van der Waals surface area contributed by atoms with Crippen molar-refractivity contribution in [2.75, 3.05) is 6.54 Å². The van der Waals surface area contributed by atoms with E-state index in [0.717, 1.165) is 18.5 Å². The van der Waals surface area contributed by atoms with Crippen molar-refractivity contribution in [2.45, 2.75) is 26.2 Å². The molecule has 1 aliphatic rings. The van der Waals surface area contributed by atoms with Crippen LogP contribution in [-0.4, -0.2) is 28.4 Å². The van der Waals surface area contributed by atoms with Gasteiger partial charge in [-0.1, -0.05) is 0 Å². The second-order valence-electron chi connectivity index (χ2n) is 3.46. The average molecular weight is 419 g/mol. The van der Waals surface area contributed by atoms with Crippen molar-refractivity contribution in [3.63, 3.8) is 0 Å². The molecule has 1 aromatic heterocycles. The number of ketones is 1. The van der Waals surface area contributed by atoms with Crippen LogP contribution in [0, 0.1) is 13.8 Å². The Morgan fingerprint density at radius 1 is 1.44 bits per heavy atom. The van der Waals surface area contributed by atoms with Gasteiger partial charge < -0.3 is 19.2 Å². The number of nitrogens with zero attached hydrogens (tertiary/aromatic N) is 1. The number of carbonyl (C=O) groups is 2. The van der Waals surface area contributed by atoms with Gasteiger partial charge in [0.25, 0.3) is 5.91 Å². The van der Waals surface area contributed by atoms with E-state index >= 15 is 0 Å². The summed E-state index contributed by atoms with van der Waals surface area (Å²) < 4.78 is 0. The van der Waals surface area contributed by atoms with Crippen molar-refractivity contribution >= 4 is 11.7 Å². The number of aromatic nitrogens is 2. The molecule has 1 heterocycles. The van der Waals surface area contributed by atoms with E-state index in [-0.39, 0.29) is 45.0 Å². The Bertz CT molecular complexity index is 415. The minimum Gasteiger partial charge on any atom is -0.381 e. The summed E-state index contributed by atoms with van der Waals surface area (Å²) in [5.74, 6) is -0.336. The van der Waals surface area contributed by atoms with Gasteiger partial charge in [0.05, 0.1) is 5.56 Å². The van der Waals surface area contributed by atoms with E-state index in [1.54, 1.807) is 6.92 Å². The molecule has 0 aromatic carbocycles. The van der Waals surface area contributed by atoms with Crippen LogP contribution in [-0.2, 0) is 27.5 Å². The predicted molar refractivity (Wildman–Crippen MR) is 64.6 cm³/mol. The second kappa shape index (κ2) is 8.19. The Morgan fingerprint density at radius 3 is 2.72 bits per heavy atom. The van der Waals surface area contributed by atoms with Crippen LogP contribution in [0.1, 0.15) is 46.3 Å². The standard InChI is InChI=1S/C10H12N3O2.C2H5.W/c1-2-11-10(15)9-8-6(12-13-9)4-3-5-7(8)14;1-2;/h1-5H2,(H,11,15)(H,12,13);1H2,2H3;/q2*-1;+2. The number of hydrogen-bond donors (Lipinski definition) is 2. The van der Waals surface area contributed by atoms with E-state index in [1.807, 2.05) is 0 Å². The molecule has 0 saturated carbocycles. The summed E-state index contributed by atoms with van der Waals surface area (Å²) in [6.07, 6.45) is 2.10. The van der Waals surface area contributed by atoms with Crippen LogP contribution in [0.3, 0.4) is 0 Å². The number of amides is 1. The van der Waals surface area contributed by atoms with Gasteiger partial charge in [-0.2, -0.15) is 12.0 Å². The third-order valence-electron chi connectivity index (χ3n) is 2.45. The molecule has 6 heteroatoms. The number of aryl methyl sites for hydroxylation is 1. The minimum absolute atomic E-state index is 0. The number of Topliss-reactive ketones (excluding diaryl/α,β-unsaturated/α-hetero) is 1. The first-order valence-corrected chi connectivity index (χ1v) is 5.62. The maximum Gasteiger partial charge on any atom is 2.00 e. The van der Waals surface area contributed by atoms with Gasteiger partial charge in [-0.15, -0.1) is 6.54 Å². The summed E-state index contributed by atoms with van der Waals surface area (Å²) in [6.45, 7) is 8.80. The molecule has 0 radical (unpaired) electrons. The molecule has 0 bridgehead atoms. The van der Waals surface area contributed by atoms with E-state index in [1.165, 1.54) is 0 Å². The molecule has 1 aliphatic carbocycles. The number of H-pyrrole nitrogens is 1. The molecule has 1 amide bonds. The Balaban J connectivity index is 0.000000917. The molecule has 5 nitrogen and oxygen atoms in total.